The first kappa shape index (κ1) is 20.0. The lowest BCUT2D eigenvalue weighted by Crippen LogP contribution is -2.15. The van der Waals surface area contributed by atoms with Gasteiger partial charge >= 0.3 is 0 Å². The molecule has 1 N–H and O–H groups in total. The summed E-state index contributed by atoms with van der Waals surface area (Å²) in [7, 11) is 1.54. The minimum Gasteiger partial charge on any atom is -0.495 e. The molecule has 0 aliphatic carbocycles. The largest absolute Gasteiger partial charge is 0.495 e. The van der Waals surface area contributed by atoms with E-state index in [2.05, 4.69) is 10.3 Å². The number of anilines is 1. The molecule has 8 heteroatoms. The molecule has 1 amide bonds. The van der Waals surface area contributed by atoms with Crippen LogP contribution in [0.4, 0.5) is 5.69 Å². The molecule has 0 radical (unpaired) electrons. The van der Waals surface area contributed by atoms with Crippen LogP contribution in [0.15, 0.2) is 52.2 Å². The van der Waals surface area contributed by atoms with Gasteiger partial charge in [-0.25, -0.2) is 4.98 Å². The van der Waals surface area contributed by atoms with Crippen molar-refractivity contribution >= 4 is 57.9 Å². The first-order valence-electron chi connectivity index (χ1n) is 7.98. The van der Waals surface area contributed by atoms with Crippen molar-refractivity contribution in [2.75, 3.05) is 12.4 Å². The van der Waals surface area contributed by atoms with Crippen molar-refractivity contribution in [3.8, 4) is 5.75 Å². The topological polar surface area (TPSA) is 51.2 Å². The summed E-state index contributed by atoms with van der Waals surface area (Å²) in [5.74, 6) is 1.16. The van der Waals surface area contributed by atoms with Gasteiger partial charge in [0.2, 0.25) is 5.91 Å². The standard InChI is InChI=1S/C19H16Cl2N2O2S2/c1-25-17-6-5-14(21)8-16(17)23-18(24)9-15-11-27-19(22-15)26-10-12-3-2-4-13(20)7-12/h2-8,11H,9-10H2,1H3,(H,23,24). The van der Waals surface area contributed by atoms with E-state index in [1.807, 2.05) is 29.6 Å². The Labute approximate surface area is 175 Å². The number of thioether (sulfide) groups is 1. The highest BCUT2D eigenvalue weighted by Gasteiger charge is 2.12. The molecule has 1 heterocycles. The van der Waals surface area contributed by atoms with E-state index < -0.39 is 0 Å². The Kier molecular flexibility index (Phi) is 7.01. The molecule has 0 saturated heterocycles. The molecule has 0 bridgehead atoms. The molecular weight excluding hydrogens is 423 g/mol. The Morgan fingerprint density at radius 3 is 2.81 bits per heavy atom. The summed E-state index contributed by atoms with van der Waals surface area (Å²) in [5, 5.41) is 5.97. The summed E-state index contributed by atoms with van der Waals surface area (Å²) >= 11 is 15.1. The molecule has 0 aliphatic rings. The van der Waals surface area contributed by atoms with Crippen molar-refractivity contribution in [3.05, 3.63) is 69.1 Å². The van der Waals surface area contributed by atoms with E-state index in [0.29, 0.717) is 16.5 Å². The molecule has 140 valence electrons. The zero-order valence-corrected chi connectivity index (χ0v) is 17.5. The highest BCUT2D eigenvalue weighted by atomic mass is 35.5. The van der Waals surface area contributed by atoms with Crippen LogP contribution in [0.2, 0.25) is 10.0 Å². The Morgan fingerprint density at radius 1 is 1.22 bits per heavy atom. The number of hydrogen-bond donors (Lipinski definition) is 1. The Hall–Kier alpha value is -1.73. The van der Waals surface area contributed by atoms with E-state index in [4.69, 9.17) is 27.9 Å². The molecule has 4 nitrogen and oxygen atoms in total. The lowest BCUT2D eigenvalue weighted by Gasteiger charge is -2.10. The number of nitrogens with one attached hydrogen (secondary N) is 1. The summed E-state index contributed by atoms with van der Waals surface area (Å²) in [4.78, 5) is 16.8. The number of amides is 1. The fourth-order valence-electron chi connectivity index (χ4n) is 2.34. The highest BCUT2D eigenvalue weighted by molar-refractivity contribution is 8.00. The second-order valence-corrected chi connectivity index (χ2v) is 8.55. The maximum atomic E-state index is 12.3. The normalized spacial score (nSPS) is 10.6. The highest BCUT2D eigenvalue weighted by Crippen LogP contribution is 2.29. The number of nitrogens with zero attached hydrogens (tertiary/aromatic N) is 1. The number of thiazole rings is 1. The molecule has 3 rings (SSSR count). The van der Waals surface area contributed by atoms with Gasteiger partial charge in [0.15, 0.2) is 0 Å². The quantitative estimate of drug-likeness (QED) is 0.464. The van der Waals surface area contributed by atoms with Crippen LogP contribution >= 0.6 is 46.3 Å². The fraction of sp³-hybridized carbons (Fsp3) is 0.158. The van der Waals surface area contributed by atoms with Gasteiger partial charge in [-0.3, -0.25) is 4.79 Å². The van der Waals surface area contributed by atoms with Crippen molar-refractivity contribution in [3.63, 3.8) is 0 Å². The van der Waals surface area contributed by atoms with Crippen LogP contribution in [0.25, 0.3) is 0 Å². The van der Waals surface area contributed by atoms with Crippen LogP contribution < -0.4 is 10.1 Å². The van der Waals surface area contributed by atoms with Gasteiger partial charge in [0, 0.05) is 21.2 Å². The van der Waals surface area contributed by atoms with Crippen LogP contribution in [0.3, 0.4) is 0 Å². The van der Waals surface area contributed by atoms with E-state index in [9.17, 15) is 4.79 Å². The Balaban J connectivity index is 1.57. The number of carbonyl (C=O) groups is 1. The fourth-order valence-corrected chi connectivity index (χ4v) is 4.52. The number of rotatable bonds is 7. The molecule has 3 aromatic rings. The maximum absolute atomic E-state index is 12.3. The van der Waals surface area contributed by atoms with Crippen molar-refractivity contribution in [1.82, 2.24) is 4.98 Å². The number of carbonyl (C=O) groups excluding carboxylic acids is 1. The molecule has 0 saturated carbocycles. The molecular formula is C19H16Cl2N2O2S2. The van der Waals surface area contributed by atoms with E-state index in [0.717, 1.165) is 26.4 Å². The van der Waals surface area contributed by atoms with E-state index >= 15 is 0 Å². The first-order valence-corrected chi connectivity index (χ1v) is 10.6. The summed E-state index contributed by atoms with van der Waals surface area (Å²) in [6.07, 6.45) is 0.184. The molecule has 1 aromatic heterocycles. The average molecular weight is 439 g/mol. The smallest absolute Gasteiger partial charge is 0.230 e. The zero-order valence-electron chi connectivity index (χ0n) is 14.4. The van der Waals surface area contributed by atoms with Gasteiger partial charge in [0.05, 0.1) is 24.9 Å². The van der Waals surface area contributed by atoms with Gasteiger partial charge in [-0.2, -0.15) is 0 Å². The lowest BCUT2D eigenvalue weighted by molar-refractivity contribution is -0.115. The molecule has 0 spiro atoms. The van der Waals surface area contributed by atoms with Crippen LogP contribution in [0, 0.1) is 0 Å². The van der Waals surface area contributed by atoms with Crippen LogP contribution in [-0.2, 0) is 17.0 Å². The van der Waals surface area contributed by atoms with Crippen molar-refractivity contribution in [2.45, 2.75) is 16.5 Å². The number of halogens is 2. The first-order chi connectivity index (χ1) is 13.0. The van der Waals surface area contributed by atoms with E-state index in [1.165, 1.54) is 11.3 Å². The van der Waals surface area contributed by atoms with Gasteiger partial charge < -0.3 is 10.1 Å². The van der Waals surface area contributed by atoms with Crippen LogP contribution in [0.5, 0.6) is 5.75 Å². The predicted molar refractivity (Wildman–Crippen MR) is 113 cm³/mol. The number of benzene rings is 2. The monoisotopic (exact) mass is 438 g/mol. The number of aromatic nitrogens is 1. The van der Waals surface area contributed by atoms with Gasteiger partial charge in [-0.1, -0.05) is 47.1 Å². The number of hydrogen-bond acceptors (Lipinski definition) is 5. The third-order valence-corrected chi connectivity index (χ3v) is 6.17. The average Bonchev–Trinajstić information content (AvgIpc) is 3.07. The van der Waals surface area contributed by atoms with Crippen molar-refractivity contribution in [1.29, 1.82) is 0 Å². The second-order valence-electron chi connectivity index (χ2n) is 5.59. The summed E-state index contributed by atoms with van der Waals surface area (Å²) < 4.78 is 6.15. The Morgan fingerprint density at radius 2 is 2.04 bits per heavy atom. The van der Waals surface area contributed by atoms with Crippen LogP contribution in [0.1, 0.15) is 11.3 Å². The lowest BCUT2D eigenvalue weighted by atomic mass is 10.2. The van der Waals surface area contributed by atoms with Gasteiger partial charge in [-0.05, 0) is 35.9 Å². The van der Waals surface area contributed by atoms with Crippen molar-refractivity contribution in [2.24, 2.45) is 0 Å². The molecule has 27 heavy (non-hydrogen) atoms. The van der Waals surface area contributed by atoms with Gasteiger partial charge in [-0.15, -0.1) is 11.3 Å². The SMILES string of the molecule is COc1ccc(Cl)cc1NC(=O)Cc1csc(SCc2cccc(Cl)c2)n1. The predicted octanol–water partition coefficient (Wildman–Crippen LogP) is 5.93. The van der Waals surface area contributed by atoms with E-state index in [-0.39, 0.29) is 12.3 Å². The minimum atomic E-state index is -0.174. The summed E-state index contributed by atoms with van der Waals surface area (Å²) in [6.45, 7) is 0. The van der Waals surface area contributed by atoms with Crippen LogP contribution in [-0.4, -0.2) is 18.0 Å². The van der Waals surface area contributed by atoms with Gasteiger partial charge in [0.1, 0.15) is 10.1 Å². The summed E-state index contributed by atoms with van der Waals surface area (Å²) in [6, 6.07) is 12.8. The summed E-state index contributed by atoms with van der Waals surface area (Å²) in [5.41, 5.74) is 2.41. The number of ether oxygens (including phenoxy) is 1. The third-order valence-electron chi connectivity index (χ3n) is 3.56. The second kappa shape index (κ2) is 9.46. The molecule has 0 aliphatic heterocycles. The van der Waals surface area contributed by atoms with Gasteiger partial charge in [0.25, 0.3) is 0 Å². The third kappa shape index (κ3) is 5.87. The Bertz CT molecular complexity index is 947. The van der Waals surface area contributed by atoms with Crippen molar-refractivity contribution < 1.29 is 9.53 Å². The minimum absolute atomic E-state index is 0.174. The molecule has 0 unspecified atom stereocenters. The maximum Gasteiger partial charge on any atom is 0.230 e. The zero-order chi connectivity index (χ0) is 19.2. The molecule has 0 atom stereocenters. The number of methoxy groups -OCH3 is 1. The molecule has 2 aromatic carbocycles. The van der Waals surface area contributed by atoms with E-state index in [1.54, 1.807) is 37.1 Å². The molecule has 0 fully saturated rings.